The van der Waals surface area contributed by atoms with Crippen molar-refractivity contribution in [3.63, 3.8) is 0 Å². The van der Waals surface area contributed by atoms with E-state index < -0.39 is 5.60 Å². The lowest BCUT2D eigenvalue weighted by atomic mass is 9.95. The zero-order valence-corrected chi connectivity index (χ0v) is 12.1. The van der Waals surface area contributed by atoms with E-state index in [0.29, 0.717) is 17.7 Å². The highest BCUT2D eigenvalue weighted by Gasteiger charge is 2.33. The predicted molar refractivity (Wildman–Crippen MR) is 74.7 cm³/mol. The molecule has 5 heteroatoms. The maximum Gasteiger partial charge on any atom is 0.223 e. The number of nitrogens with two attached hydrogens (primary N) is 1. The van der Waals surface area contributed by atoms with Gasteiger partial charge in [-0.2, -0.15) is 9.97 Å². The Balaban J connectivity index is 2.40. The molecule has 19 heavy (non-hydrogen) atoms. The van der Waals surface area contributed by atoms with Gasteiger partial charge in [-0.15, -0.1) is 0 Å². The van der Waals surface area contributed by atoms with Crippen LogP contribution in [0.3, 0.4) is 0 Å². The SMILES string of the molecule is CCC(CC)(OC)c1nc(N)nc(C2CCCC2)n1. The third-order valence-electron chi connectivity index (χ3n) is 4.33. The van der Waals surface area contributed by atoms with Crippen LogP contribution in [-0.2, 0) is 10.3 Å². The number of methoxy groups -OCH3 is 1. The van der Waals surface area contributed by atoms with E-state index in [2.05, 4.69) is 28.8 Å². The molecule has 1 aromatic rings. The van der Waals surface area contributed by atoms with Crippen LogP contribution in [0.5, 0.6) is 0 Å². The summed E-state index contributed by atoms with van der Waals surface area (Å²) in [4.78, 5) is 13.3. The first-order chi connectivity index (χ1) is 9.15. The lowest BCUT2D eigenvalue weighted by Gasteiger charge is -2.28. The van der Waals surface area contributed by atoms with E-state index in [-0.39, 0.29) is 0 Å². The Hall–Kier alpha value is -1.23. The Labute approximate surface area is 115 Å². The summed E-state index contributed by atoms with van der Waals surface area (Å²) in [7, 11) is 1.71. The van der Waals surface area contributed by atoms with Gasteiger partial charge in [-0.1, -0.05) is 26.7 Å². The van der Waals surface area contributed by atoms with E-state index in [4.69, 9.17) is 10.5 Å². The fourth-order valence-electron chi connectivity index (χ4n) is 2.93. The van der Waals surface area contributed by atoms with E-state index in [9.17, 15) is 0 Å². The number of hydrogen-bond donors (Lipinski definition) is 1. The summed E-state index contributed by atoms with van der Waals surface area (Å²) in [5.41, 5.74) is 5.43. The molecule has 2 rings (SSSR count). The van der Waals surface area contributed by atoms with Gasteiger partial charge in [0, 0.05) is 13.0 Å². The van der Waals surface area contributed by atoms with Gasteiger partial charge in [0.15, 0.2) is 5.82 Å². The molecule has 1 aliphatic carbocycles. The molecule has 1 heterocycles. The van der Waals surface area contributed by atoms with E-state index in [0.717, 1.165) is 31.5 Å². The summed E-state index contributed by atoms with van der Waals surface area (Å²) >= 11 is 0. The first kappa shape index (κ1) is 14.2. The number of aromatic nitrogens is 3. The third-order valence-corrected chi connectivity index (χ3v) is 4.33. The van der Waals surface area contributed by atoms with Gasteiger partial charge < -0.3 is 10.5 Å². The van der Waals surface area contributed by atoms with Crippen molar-refractivity contribution in [2.75, 3.05) is 12.8 Å². The van der Waals surface area contributed by atoms with Crippen molar-refractivity contribution in [1.29, 1.82) is 0 Å². The molecule has 0 saturated heterocycles. The summed E-state index contributed by atoms with van der Waals surface area (Å²) in [5, 5.41) is 0. The van der Waals surface area contributed by atoms with Crippen LogP contribution in [0, 0.1) is 0 Å². The minimum absolute atomic E-state index is 0.315. The number of nitrogens with zero attached hydrogens (tertiary/aromatic N) is 3. The summed E-state index contributed by atoms with van der Waals surface area (Å²) in [5.74, 6) is 2.29. The van der Waals surface area contributed by atoms with Crippen molar-refractivity contribution in [1.82, 2.24) is 15.0 Å². The zero-order chi connectivity index (χ0) is 13.9. The van der Waals surface area contributed by atoms with Crippen molar-refractivity contribution in [3.8, 4) is 0 Å². The molecule has 0 aromatic carbocycles. The van der Waals surface area contributed by atoms with E-state index >= 15 is 0 Å². The lowest BCUT2D eigenvalue weighted by Crippen LogP contribution is -2.30. The third kappa shape index (κ3) is 2.71. The fraction of sp³-hybridized carbons (Fsp3) is 0.786. The highest BCUT2D eigenvalue weighted by molar-refractivity contribution is 5.20. The number of ether oxygens (including phenoxy) is 1. The van der Waals surface area contributed by atoms with Crippen molar-refractivity contribution >= 4 is 5.95 Å². The van der Waals surface area contributed by atoms with Crippen molar-refractivity contribution in [2.45, 2.75) is 63.9 Å². The van der Waals surface area contributed by atoms with Crippen LogP contribution in [0.4, 0.5) is 5.95 Å². The molecule has 0 amide bonds. The van der Waals surface area contributed by atoms with Crippen LogP contribution in [-0.4, -0.2) is 22.1 Å². The normalized spacial score (nSPS) is 17.0. The molecule has 0 atom stereocenters. The summed E-state index contributed by atoms with van der Waals surface area (Å²) in [6.45, 7) is 4.17. The molecule has 0 unspecified atom stereocenters. The van der Waals surface area contributed by atoms with Gasteiger partial charge in [-0.3, -0.25) is 0 Å². The average molecular weight is 264 g/mol. The van der Waals surface area contributed by atoms with Gasteiger partial charge in [0.2, 0.25) is 5.95 Å². The summed E-state index contributed by atoms with van der Waals surface area (Å²) in [6, 6.07) is 0. The van der Waals surface area contributed by atoms with Crippen LogP contribution in [0.1, 0.15) is 69.9 Å². The minimum atomic E-state index is -0.440. The van der Waals surface area contributed by atoms with Gasteiger partial charge in [-0.25, -0.2) is 4.98 Å². The molecule has 1 aliphatic rings. The van der Waals surface area contributed by atoms with Crippen molar-refractivity contribution < 1.29 is 4.74 Å². The van der Waals surface area contributed by atoms with Crippen LogP contribution < -0.4 is 5.73 Å². The van der Waals surface area contributed by atoms with Gasteiger partial charge in [0.1, 0.15) is 11.4 Å². The molecule has 106 valence electrons. The zero-order valence-electron chi connectivity index (χ0n) is 12.1. The van der Waals surface area contributed by atoms with Crippen molar-refractivity contribution in [2.24, 2.45) is 0 Å². The van der Waals surface area contributed by atoms with Gasteiger partial charge in [-0.05, 0) is 25.7 Å². The highest BCUT2D eigenvalue weighted by Crippen LogP contribution is 2.35. The van der Waals surface area contributed by atoms with Crippen LogP contribution >= 0.6 is 0 Å². The standard InChI is InChI=1S/C14H24N4O/c1-4-14(5-2,19-3)12-16-11(17-13(15)18-12)10-8-6-7-9-10/h10H,4-9H2,1-3H3,(H2,15,16,17,18). The monoisotopic (exact) mass is 264 g/mol. The van der Waals surface area contributed by atoms with Gasteiger partial charge in [0.05, 0.1) is 0 Å². The van der Waals surface area contributed by atoms with Gasteiger partial charge in [0.25, 0.3) is 0 Å². The lowest BCUT2D eigenvalue weighted by molar-refractivity contribution is -0.0294. The number of rotatable bonds is 5. The Morgan fingerprint density at radius 2 is 1.79 bits per heavy atom. The largest absolute Gasteiger partial charge is 0.370 e. The van der Waals surface area contributed by atoms with Gasteiger partial charge >= 0.3 is 0 Å². The summed E-state index contributed by atoms with van der Waals surface area (Å²) < 4.78 is 5.69. The molecule has 0 aliphatic heterocycles. The summed E-state index contributed by atoms with van der Waals surface area (Å²) in [6.07, 6.45) is 6.47. The fourth-order valence-corrected chi connectivity index (χ4v) is 2.93. The number of hydrogen-bond acceptors (Lipinski definition) is 5. The first-order valence-corrected chi connectivity index (χ1v) is 7.22. The van der Waals surface area contributed by atoms with E-state index in [1.165, 1.54) is 12.8 Å². The molecular weight excluding hydrogens is 240 g/mol. The van der Waals surface area contributed by atoms with E-state index in [1.807, 2.05) is 0 Å². The topological polar surface area (TPSA) is 73.9 Å². The Morgan fingerprint density at radius 1 is 1.16 bits per heavy atom. The quantitative estimate of drug-likeness (QED) is 0.885. The van der Waals surface area contributed by atoms with Crippen LogP contribution in [0.25, 0.3) is 0 Å². The molecule has 5 nitrogen and oxygen atoms in total. The molecule has 2 N–H and O–H groups in total. The first-order valence-electron chi connectivity index (χ1n) is 7.22. The number of nitrogen functional groups attached to an aromatic ring is 1. The molecule has 1 aromatic heterocycles. The molecule has 0 bridgehead atoms. The second-order valence-corrected chi connectivity index (χ2v) is 5.26. The highest BCUT2D eigenvalue weighted by atomic mass is 16.5. The second kappa shape index (κ2) is 5.82. The smallest absolute Gasteiger partial charge is 0.223 e. The maximum atomic E-state index is 5.87. The molecule has 0 spiro atoms. The molecular formula is C14H24N4O. The Bertz CT molecular complexity index is 417. The second-order valence-electron chi connectivity index (χ2n) is 5.26. The molecule has 0 radical (unpaired) electrons. The molecule has 1 fully saturated rings. The maximum absolute atomic E-state index is 5.87. The number of anilines is 1. The van der Waals surface area contributed by atoms with Crippen LogP contribution in [0.2, 0.25) is 0 Å². The minimum Gasteiger partial charge on any atom is -0.370 e. The predicted octanol–water partition coefficient (Wildman–Crippen LogP) is 2.77. The van der Waals surface area contributed by atoms with Crippen molar-refractivity contribution in [3.05, 3.63) is 11.6 Å². The Morgan fingerprint density at radius 3 is 2.32 bits per heavy atom. The van der Waals surface area contributed by atoms with Crippen LogP contribution in [0.15, 0.2) is 0 Å². The molecule has 1 saturated carbocycles. The Kier molecular flexibility index (Phi) is 4.34. The average Bonchev–Trinajstić information content (AvgIpc) is 2.95. The van der Waals surface area contributed by atoms with E-state index in [1.54, 1.807) is 7.11 Å².